The molecule has 0 radical (unpaired) electrons. The van der Waals surface area contributed by atoms with Crippen molar-refractivity contribution in [2.24, 2.45) is 5.92 Å². The zero-order valence-electron chi connectivity index (χ0n) is 14.2. The summed E-state index contributed by atoms with van der Waals surface area (Å²) in [4.78, 5) is 12.4. The van der Waals surface area contributed by atoms with Crippen molar-refractivity contribution in [2.75, 3.05) is 26.2 Å². The molecule has 0 aromatic heterocycles. The average Bonchev–Trinajstić information content (AvgIpc) is 3.15. The summed E-state index contributed by atoms with van der Waals surface area (Å²) >= 11 is 0. The molecule has 140 valence electrons. The van der Waals surface area contributed by atoms with E-state index in [-0.39, 0.29) is 30.3 Å². The first-order chi connectivity index (χ1) is 11.6. The normalized spacial score (nSPS) is 24.5. The number of hydrogen-bond acceptors (Lipinski definition) is 4. The van der Waals surface area contributed by atoms with E-state index >= 15 is 0 Å². The lowest BCUT2D eigenvalue weighted by Gasteiger charge is -2.32. The van der Waals surface area contributed by atoms with Gasteiger partial charge in [-0.3, -0.25) is 4.79 Å². The summed E-state index contributed by atoms with van der Waals surface area (Å²) in [6, 6.07) is 8.47. The van der Waals surface area contributed by atoms with Gasteiger partial charge in [0.15, 0.2) is 0 Å². The first-order valence-corrected chi connectivity index (χ1v) is 10.1. The molecular formula is C17H26ClN3O3S. The molecule has 0 aliphatic carbocycles. The van der Waals surface area contributed by atoms with Crippen LogP contribution >= 0.6 is 12.4 Å². The Morgan fingerprint density at radius 3 is 2.64 bits per heavy atom. The highest BCUT2D eigenvalue weighted by molar-refractivity contribution is 7.89. The van der Waals surface area contributed by atoms with Crippen LogP contribution in [0.15, 0.2) is 35.2 Å². The van der Waals surface area contributed by atoms with Crippen molar-refractivity contribution in [3.8, 4) is 0 Å². The lowest BCUT2D eigenvalue weighted by molar-refractivity contribution is -0.123. The van der Waals surface area contributed by atoms with E-state index in [9.17, 15) is 13.2 Å². The molecule has 2 atom stereocenters. The molecule has 1 amide bonds. The molecule has 2 fully saturated rings. The Balaban J connectivity index is 0.00000225. The Hall–Kier alpha value is -1.15. The van der Waals surface area contributed by atoms with Crippen molar-refractivity contribution in [2.45, 2.75) is 36.6 Å². The Kier molecular flexibility index (Phi) is 7.25. The Labute approximate surface area is 155 Å². The van der Waals surface area contributed by atoms with Gasteiger partial charge in [0.05, 0.1) is 10.9 Å². The zero-order valence-corrected chi connectivity index (χ0v) is 15.8. The number of amides is 1. The van der Waals surface area contributed by atoms with Gasteiger partial charge in [-0.15, -0.1) is 12.4 Å². The van der Waals surface area contributed by atoms with Crippen molar-refractivity contribution in [1.82, 2.24) is 14.9 Å². The third-order valence-corrected chi connectivity index (χ3v) is 6.68. The van der Waals surface area contributed by atoms with E-state index < -0.39 is 10.0 Å². The van der Waals surface area contributed by atoms with E-state index in [4.69, 9.17) is 0 Å². The predicted molar refractivity (Wildman–Crippen MR) is 99.2 cm³/mol. The quantitative estimate of drug-likeness (QED) is 0.800. The predicted octanol–water partition coefficient (Wildman–Crippen LogP) is 1.38. The van der Waals surface area contributed by atoms with Gasteiger partial charge in [-0.25, -0.2) is 8.42 Å². The highest BCUT2D eigenvalue weighted by atomic mass is 35.5. The van der Waals surface area contributed by atoms with E-state index in [1.54, 1.807) is 28.6 Å². The maximum Gasteiger partial charge on any atom is 0.243 e. The van der Waals surface area contributed by atoms with Gasteiger partial charge in [-0.1, -0.05) is 18.2 Å². The van der Waals surface area contributed by atoms with Gasteiger partial charge in [-0.2, -0.15) is 4.31 Å². The van der Waals surface area contributed by atoms with Crippen molar-refractivity contribution in [1.29, 1.82) is 0 Å². The van der Waals surface area contributed by atoms with E-state index in [0.717, 1.165) is 32.2 Å². The highest BCUT2D eigenvalue weighted by Gasteiger charge is 2.30. The van der Waals surface area contributed by atoms with Crippen LogP contribution < -0.4 is 10.6 Å². The molecule has 0 spiro atoms. The molecule has 1 aromatic carbocycles. The van der Waals surface area contributed by atoms with Crippen molar-refractivity contribution in [3.63, 3.8) is 0 Å². The second-order valence-corrected chi connectivity index (χ2v) is 8.52. The molecule has 2 unspecified atom stereocenters. The molecule has 1 aromatic rings. The molecule has 2 saturated heterocycles. The molecule has 8 heteroatoms. The molecule has 3 rings (SSSR count). The summed E-state index contributed by atoms with van der Waals surface area (Å²) < 4.78 is 27.0. The summed E-state index contributed by atoms with van der Waals surface area (Å²) in [7, 11) is -3.44. The van der Waals surface area contributed by atoms with Crippen LogP contribution in [0.4, 0.5) is 0 Å². The van der Waals surface area contributed by atoms with Crippen LogP contribution in [0.1, 0.15) is 25.7 Å². The molecule has 0 bridgehead atoms. The fraction of sp³-hybridized carbons (Fsp3) is 0.588. The van der Waals surface area contributed by atoms with Crippen LogP contribution in [-0.2, 0) is 14.8 Å². The molecule has 25 heavy (non-hydrogen) atoms. The van der Waals surface area contributed by atoms with Crippen molar-refractivity contribution < 1.29 is 13.2 Å². The Bertz CT molecular complexity index is 663. The van der Waals surface area contributed by atoms with Crippen molar-refractivity contribution >= 4 is 28.3 Å². The highest BCUT2D eigenvalue weighted by Crippen LogP contribution is 2.23. The van der Waals surface area contributed by atoms with E-state index in [1.807, 2.05) is 6.07 Å². The topological polar surface area (TPSA) is 78.5 Å². The zero-order chi connectivity index (χ0) is 17.0. The fourth-order valence-electron chi connectivity index (χ4n) is 3.43. The molecule has 2 heterocycles. The van der Waals surface area contributed by atoms with Crippen LogP contribution in [0.25, 0.3) is 0 Å². The minimum Gasteiger partial charge on any atom is -0.354 e. The molecular weight excluding hydrogens is 362 g/mol. The summed E-state index contributed by atoms with van der Waals surface area (Å²) in [5.41, 5.74) is 0. The van der Waals surface area contributed by atoms with Crippen LogP contribution in [0, 0.1) is 5.92 Å². The minimum absolute atomic E-state index is 0. The lowest BCUT2D eigenvalue weighted by Crippen LogP contribution is -2.46. The van der Waals surface area contributed by atoms with Gasteiger partial charge in [0.25, 0.3) is 0 Å². The second-order valence-electron chi connectivity index (χ2n) is 6.58. The number of sulfonamides is 1. The third-order valence-electron chi connectivity index (χ3n) is 4.80. The summed E-state index contributed by atoms with van der Waals surface area (Å²) in [6.45, 7) is 2.45. The third kappa shape index (κ3) is 4.94. The number of carbonyl (C=O) groups is 1. The minimum atomic E-state index is -3.44. The number of piperidine rings is 1. The number of nitrogens with one attached hydrogen (secondary N) is 2. The number of hydrogen-bond donors (Lipinski definition) is 2. The van der Waals surface area contributed by atoms with Gasteiger partial charge in [0.1, 0.15) is 0 Å². The standard InChI is InChI=1S/C17H25N3O3S.ClH/c21-17(16-9-4-10-18-16)19-12-14-6-5-11-20(13-14)24(22,23)15-7-2-1-3-8-15;/h1-3,7-8,14,16,18H,4-6,9-13H2,(H,19,21);1H. The van der Waals surface area contributed by atoms with Gasteiger partial charge in [-0.05, 0) is 50.3 Å². The number of halogens is 1. The smallest absolute Gasteiger partial charge is 0.243 e. The maximum atomic E-state index is 12.7. The SMILES string of the molecule is Cl.O=C(NCC1CCCN(S(=O)(=O)c2ccccc2)C1)C1CCCN1. The second kappa shape index (κ2) is 8.98. The fourth-order valence-corrected chi connectivity index (χ4v) is 5.01. The van der Waals surface area contributed by atoms with Crippen LogP contribution in [-0.4, -0.2) is 50.9 Å². The van der Waals surface area contributed by atoms with Crippen molar-refractivity contribution in [3.05, 3.63) is 30.3 Å². The monoisotopic (exact) mass is 387 g/mol. The number of carbonyl (C=O) groups excluding carboxylic acids is 1. The van der Waals surface area contributed by atoms with Gasteiger partial charge in [0.2, 0.25) is 15.9 Å². The first-order valence-electron chi connectivity index (χ1n) is 8.63. The number of nitrogens with zero attached hydrogens (tertiary/aromatic N) is 1. The van der Waals surface area contributed by atoms with Gasteiger partial charge < -0.3 is 10.6 Å². The summed E-state index contributed by atoms with van der Waals surface area (Å²) in [5, 5.41) is 6.16. The van der Waals surface area contributed by atoms with Gasteiger partial charge in [0, 0.05) is 19.6 Å². The average molecular weight is 388 g/mol. The molecule has 2 aliphatic rings. The molecule has 6 nitrogen and oxygen atoms in total. The Morgan fingerprint density at radius 2 is 1.96 bits per heavy atom. The molecule has 2 aliphatic heterocycles. The maximum absolute atomic E-state index is 12.7. The van der Waals surface area contributed by atoms with E-state index in [1.165, 1.54) is 0 Å². The van der Waals surface area contributed by atoms with Crippen LogP contribution in [0.5, 0.6) is 0 Å². The number of rotatable bonds is 5. The van der Waals surface area contributed by atoms with Crippen LogP contribution in [0.2, 0.25) is 0 Å². The van der Waals surface area contributed by atoms with Gasteiger partial charge >= 0.3 is 0 Å². The molecule has 2 N–H and O–H groups in total. The summed E-state index contributed by atoms with van der Waals surface area (Å²) in [6.07, 6.45) is 3.68. The molecule has 0 saturated carbocycles. The first kappa shape index (κ1) is 20.2. The summed E-state index contributed by atoms with van der Waals surface area (Å²) in [5.74, 6) is 0.207. The largest absolute Gasteiger partial charge is 0.354 e. The van der Waals surface area contributed by atoms with E-state index in [2.05, 4.69) is 10.6 Å². The lowest BCUT2D eigenvalue weighted by atomic mass is 9.99. The van der Waals surface area contributed by atoms with Crippen LogP contribution in [0.3, 0.4) is 0 Å². The number of benzene rings is 1. The Morgan fingerprint density at radius 1 is 1.20 bits per heavy atom. The van der Waals surface area contributed by atoms with E-state index in [0.29, 0.717) is 24.5 Å².